The summed E-state index contributed by atoms with van der Waals surface area (Å²) in [6.45, 7) is 0. The molecule has 0 spiro atoms. The minimum atomic E-state index is -0.378. The van der Waals surface area contributed by atoms with E-state index >= 15 is 0 Å². The second-order valence-corrected chi connectivity index (χ2v) is 5.88. The lowest BCUT2D eigenvalue weighted by Crippen LogP contribution is -1.92. The number of hydrogen-bond donors (Lipinski definition) is 0. The first kappa shape index (κ1) is 13.3. The summed E-state index contributed by atoms with van der Waals surface area (Å²) in [5.41, 5.74) is 1.14. The van der Waals surface area contributed by atoms with Crippen molar-refractivity contribution in [2.75, 3.05) is 0 Å². The Morgan fingerprint density at radius 1 is 1.18 bits per heavy atom. The average Bonchev–Trinajstić information content (AvgIpc) is 3.10. The van der Waals surface area contributed by atoms with Crippen molar-refractivity contribution in [2.45, 2.75) is 0 Å². The van der Waals surface area contributed by atoms with Crippen LogP contribution in [0.25, 0.3) is 26.9 Å². The zero-order valence-electron chi connectivity index (χ0n) is 10.9. The van der Waals surface area contributed by atoms with E-state index in [0.29, 0.717) is 26.4 Å². The third kappa shape index (κ3) is 2.15. The molecule has 0 saturated carbocycles. The maximum absolute atomic E-state index is 14.0. The molecule has 0 aliphatic carbocycles. The second-order valence-electron chi connectivity index (χ2n) is 4.49. The Morgan fingerprint density at radius 3 is 2.91 bits per heavy atom. The molecule has 108 valence electrons. The van der Waals surface area contributed by atoms with Crippen LogP contribution in [-0.4, -0.2) is 24.8 Å². The van der Waals surface area contributed by atoms with Crippen LogP contribution in [0.1, 0.15) is 0 Å². The number of benzene rings is 1. The second kappa shape index (κ2) is 5.11. The standard InChI is InChI=1S/C14H7ClFN5S/c15-9-3-4-11(16)10(6-9)13-20-21-12(18-19-14(21)22-13)8-2-1-5-17-7-8/h1-7H. The summed E-state index contributed by atoms with van der Waals surface area (Å²) >= 11 is 7.18. The maximum Gasteiger partial charge on any atom is 0.235 e. The molecule has 0 aliphatic rings. The highest BCUT2D eigenvalue weighted by atomic mass is 35.5. The molecule has 0 bridgehead atoms. The number of pyridine rings is 1. The van der Waals surface area contributed by atoms with Gasteiger partial charge in [0.2, 0.25) is 4.96 Å². The van der Waals surface area contributed by atoms with Crippen LogP contribution < -0.4 is 0 Å². The zero-order chi connectivity index (χ0) is 15.1. The van der Waals surface area contributed by atoms with Gasteiger partial charge in [-0.05, 0) is 30.3 Å². The van der Waals surface area contributed by atoms with Crippen molar-refractivity contribution in [1.29, 1.82) is 0 Å². The van der Waals surface area contributed by atoms with Gasteiger partial charge in [-0.3, -0.25) is 4.98 Å². The van der Waals surface area contributed by atoms with Gasteiger partial charge in [-0.25, -0.2) is 4.39 Å². The minimum Gasteiger partial charge on any atom is -0.264 e. The van der Waals surface area contributed by atoms with Crippen molar-refractivity contribution < 1.29 is 4.39 Å². The number of rotatable bonds is 2. The van der Waals surface area contributed by atoms with Gasteiger partial charge in [0.25, 0.3) is 0 Å². The fourth-order valence-corrected chi connectivity index (χ4v) is 3.09. The molecule has 3 aromatic heterocycles. The molecule has 3 heterocycles. The third-order valence-corrected chi connectivity index (χ3v) is 4.24. The van der Waals surface area contributed by atoms with Gasteiger partial charge in [0.1, 0.15) is 5.82 Å². The smallest absolute Gasteiger partial charge is 0.235 e. The summed E-state index contributed by atoms with van der Waals surface area (Å²) in [5.74, 6) is 0.185. The molecule has 4 rings (SSSR count). The average molecular weight is 332 g/mol. The Bertz CT molecular complexity index is 966. The van der Waals surface area contributed by atoms with E-state index in [4.69, 9.17) is 11.6 Å². The van der Waals surface area contributed by atoms with Crippen molar-refractivity contribution >= 4 is 27.9 Å². The molecule has 0 fully saturated rings. The number of aromatic nitrogens is 5. The molecular formula is C14H7ClFN5S. The van der Waals surface area contributed by atoms with E-state index < -0.39 is 0 Å². The molecular weight excluding hydrogens is 325 g/mol. The van der Waals surface area contributed by atoms with Crippen molar-refractivity contribution in [1.82, 2.24) is 24.8 Å². The number of fused-ring (bicyclic) bond motifs is 1. The van der Waals surface area contributed by atoms with Gasteiger partial charge in [0, 0.05) is 28.5 Å². The van der Waals surface area contributed by atoms with Gasteiger partial charge in [0.15, 0.2) is 10.8 Å². The monoisotopic (exact) mass is 331 g/mol. The van der Waals surface area contributed by atoms with Crippen molar-refractivity contribution in [3.63, 3.8) is 0 Å². The molecule has 5 nitrogen and oxygen atoms in total. The lowest BCUT2D eigenvalue weighted by molar-refractivity contribution is 0.631. The van der Waals surface area contributed by atoms with Gasteiger partial charge >= 0.3 is 0 Å². The van der Waals surface area contributed by atoms with E-state index in [1.54, 1.807) is 29.0 Å². The SMILES string of the molecule is Fc1ccc(Cl)cc1-c1nn2c(-c3cccnc3)nnc2s1. The van der Waals surface area contributed by atoms with Gasteiger partial charge in [0.05, 0.1) is 0 Å². The van der Waals surface area contributed by atoms with Crippen LogP contribution in [0, 0.1) is 5.82 Å². The van der Waals surface area contributed by atoms with Crippen molar-refractivity contribution in [3.8, 4) is 22.0 Å². The van der Waals surface area contributed by atoms with E-state index in [9.17, 15) is 4.39 Å². The lowest BCUT2D eigenvalue weighted by Gasteiger charge is -1.99. The summed E-state index contributed by atoms with van der Waals surface area (Å²) < 4.78 is 15.5. The highest BCUT2D eigenvalue weighted by molar-refractivity contribution is 7.19. The number of nitrogens with zero attached hydrogens (tertiary/aromatic N) is 5. The number of hydrogen-bond acceptors (Lipinski definition) is 5. The first-order valence-electron chi connectivity index (χ1n) is 6.30. The van der Waals surface area contributed by atoms with Crippen molar-refractivity contribution in [2.24, 2.45) is 0 Å². The summed E-state index contributed by atoms with van der Waals surface area (Å²) in [7, 11) is 0. The topological polar surface area (TPSA) is 56.0 Å². The van der Waals surface area contributed by atoms with E-state index in [-0.39, 0.29) is 5.82 Å². The summed E-state index contributed by atoms with van der Waals surface area (Å²) in [6, 6.07) is 8.04. The van der Waals surface area contributed by atoms with Crippen LogP contribution in [0.5, 0.6) is 0 Å². The molecule has 8 heteroatoms. The zero-order valence-corrected chi connectivity index (χ0v) is 12.5. The molecule has 0 amide bonds. The van der Waals surface area contributed by atoms with Gasteiger partial charge in [-0.2, -0.15) is 9.61 Å². The van der Waals surface area contributed by atoms with E-state index in [0.717, 1.165) is 5.56 Å². The van der Waals surface area contributed by atoms with Crippen LogP contribution in [0.3, 0.4) is 0 Å². The van der Waals surface area contributed by atoms with Crippen LogP contribution in [0.4, 0.5) is 4.39 Å². The Hall–Kier alpha value is -2.38. The third-order valence-electron chi connectivity index (χ3n) is 3.07. The fraction of sp³-hybridized carbons (Fsp3) is 0. The molecule has 1 aromatic carbocycles. The summed E-state index contributed by atoms with van der Waals surface area (Å²) in [6.07, 6.45) is 3.35. The summed E-state index contributed by atoms with van der Waals surface area (Å²) in [4.78, 5) is 4.63. The highest BCUT2D eigenvalue weighted by Gasteiger charge is 2.16. The predicted octanol–water partition coefficient (Wildman–Crippen LogP) is 3.71. The summed E-state index contributed by atoms with van der Waals surface area (Å²) in [5, 5.41) is 13.5. The van der Waals surface area contributed by atoms with Gasteiger partial charge < -0.3 is 0 Å². The van der Waals surface area contributed by atoms with Gasteiger partial charge in [-0.1, -0.05) is 22.9 Å². The van der Waals surface area contributed by atoms with Crippen LogP contribution in [0.15, 0.2) is 42.7 Å². The quantitative estimate of drug-likeness (QED) is 0.562. The van der Waals surface area contributed by atoms with E-state index in [2.05, 4.69) is 20.3 Å². The Morgan fingerprint density at radius 2 is 2.09 bits per heavy atom. The maximum atomic E-state index is 14.0. The molecule has 0 unspecified atom stereocenters. The molecule has 0 radical (unpaired) electrons. The molecule has 0 atom stereocenters. The largest absolute Gasteiger partial charge is 0.264 e. The number of halogens is 2. The molecule has 0 saturated heterocycles. The van der Waals surface area contributed by atoms with Crippen LogP contribution in [0.2, 0.25) is 5.02 Å². The molecule has 0 N–H and O–H groups in total. The Kier molecular flexibility index (Phi) is 3.09. The predicted molar refractivity (Wildman–Crippen MR) is 82.3 cm³/mol. The fourth-order valence-electron chi connectivity index (χ4n) is 2.06. The molecule has 0 aliphatic heterocycles. The van der Waals surface area contributed by atoms with Crippen molar-refractivity contribution in [3.05, 3.63) is 53.6 Å². The highest BCUT2D eigenvalue weighted by Crippen LogP contribution is 2.31. The lowest BCUT2D eigenvalue weighted by atomic mass is 10.2. The first-order chi connectivity index (χ1) is 10.7. The van der Waals surface area contributed by atoms with E-state index in [1.165, 1.54) is 23.5 Å². The molecule has 22 heavy (non-hydrogen) atoms. The Balaban J connectivity index is 1.89. The Labute approximate surface area is 133 Å². The van der Waals surface area contributed by atoms with Crippen LogP contribution in [-0.2, 0) is 0 Å². The van der Waals surface area contributed by atoms with Gasteiger partial charge in [-0.15, -0.1) is 10.2 Å². The minimum absolute atomic E-state index is 0.347. The normalized spacial score (nSPS) is 11.2. The molecule has 4 aromatic rings. The van der Waals surface area contributed by atoms with Crippen LogP contribution >= 0.6 is 22.9 Å². The first-order valence-corrected chi connectivity index (χ1v) is 7.50. The van der Waals surface area contributed by atoms with E-state index in [1.807, 2.05) is 6.07 Å².